The van der Waals surface area contributed by atoms with Gasteiger partial charge in [0.1, 0.15) is 0 Å². The van der Waals surface area contributed by atoms with Crippen molar-refractivity contribution >= 4 is 11.6 Å². The summed E-state index contributed by atoms with van der Waals surface area (Å²) in [6, 6.07) is 1.99. The highest BCUT2D eigenvalue weighted by molar-refractivity contribution is 5.72. The topological polar surface area (TPSA) is 12.9 Å². The van der Waals surface area contributed by atoms with Crippen LogP contribution in [0.5, 0.6) is 0 Å². The molecule has 0 bridgehead atoms. The maximum Gasteiger partial charge on any atom is 0.0346 e. The van der Waals surface area contributed by atoms with Crippen LogP contribution in [-0.4, -0.2) is 4.98 Å². The van der Waals surface area contributed by atoms with Gasteiger partial charge in [0.05, 0.1) is 0 Å². The summed E-state index contributed by atoms with van der Waals surface area (Å²) >= 11 is 0. The molecule has 0 aromatic carbocycles. The van der Waals surface area contributed by atoms with Crippen LogP contribution in [0, 0.1) is 5.92 Å². The summed E-state index contributed by atoms with van der Waals surface area (Å²) in [6.07, 6.45) is 5.42. The molecule has 0 radical (unpaired) electrons. The Morgan fingerprint density at radius 3 is 2.77 bits per heavy atom. The Morgan fingerprint density at radius 1 is 1.54 bits per heavy atom. The maximum absolute atomic E-state index is 4.06. The van der Waals surface area contributed by atoms with Gasteiger partial charge in [-0.1, -0.05) is 33.1 Å². The van der Waals surface area contributed by atoms with Gasteiger partial charge in [-0.15, -0.1) is 0 Å². The Kier molecular flexibility index (Phi) is 3.02. The minimum absolute atomic E-state index is 0.459. The highest BCUT2D eigenvalue weighted by Gasteiger charge is 2.06. The molecule has 0 spiro atoms. The van der Waals surface area contributed by atoms with Gasteiger partial charge in [0, 0.05) is 12.4 Å². The predicted octanol–water partition coefficient (Wildman–Crippen LogP) is 3.39. The molecule has 13 heavy (non-hydrogen) atoms. The summed E-state index contributed by atoms with van der Waals surface area (Å²) in [7, 11) is 0. The molecule has 68 valence electrons. The van der Waals surface area contributed by atoms with E-state index < -0.39 is 0 Å². The highest BCUT2D eigenvalue weighted by atomic mass is 14.6. The molecule has 1 heterocycles. The summed E-state index contributed by atoms with van der Waals surface area (Å²) in [5.74, 6) is 0.459. The largest absolute Gasteiger partial charge is 0.264 e. The molecule has 0 aliphatic heterocycles. The average molecular weight is 173 g/mol. The highest BCUT2D eigenvalue weighted by Crippen LogP contribution is 2.23. The van der Waals surface area contributed by atoms with Crippen molar-refractivity contribution in [2.24, 2.45) is 5.92 Å². The number of rotatable bonds is 3. The van der Waals surface area contributed by atoms with Crippen LogP contribution >= 0.6 is 0 Å². The molecule has 0 aliphatic carbocycles. The number of pyridine rings is 1. The fraction of sp³-hybridized carbons (Fsp3) is 0.250. The second-order valence-corrected chi connectivity index (χ2v) is 3.35. The van der Waals surface area contributed by atoms with Crippen molar-refractivity contribution < 1.29 is 0 Å². The molecule has 0 saturated carbocycles. The summed E-state index contributed by atoms with van der Waals surface area (Å²) in [5.41, 5.74) is 3.35. The van der Waals surface area contributed by atoms with E-state index in [4.69, 9.17) is 0 Å². The molecular formula is C12H15N. The number of aromatic nitrogens is 1. The molecule has 0 saturated heterocycles. The third-order valence-corrected chi connectivity index (χ3v) is 2.11. The van der Waals surface area contributed by atoms with Crippen molar-refractivity contribution in [3.63, 3.8) is 0 Å². The molecule has 0 N–H and O–H groups in total. The summed E-state index contributed by atoms with van der Waals surface area (Å²) in [6.45, 7) is 12.1. The molecule has 0 unspecified atom stereocenters. The zero-order chi connectivity index (χ0) is 9.84. The van der Waals surface area contributed by atoms with Crippen LogP contribution in [0.25, 0.3) is 11.6 Å². The smallest absolute Gasteiger partial charge is 0.0346 e. The standard InChI is InChI=1S/C12H15N/c1-5-11-8-13-7-6-12(11)10(4)9(2)3/h5-9H,1,4H2,2-3H3. The number of hydrogen-bond acceptors (Lipinski definition) is 1. The van der Waals surface area contributed by atoms with Crippen LogP contribution in [0.4, 0.5) is 0 Å². The minimum Gasteiger partial charge on any atom is -0.264 e. The SMILES string of the molecule is C=Cc1cnccc1C(=C)C(C)C. The van der Waals surface area contributed by atoms with E-state index in [1.54, 1.807) is 6.20 Å². The molecular weight excluding hydrogens is 158 g/mol. The predicted molar refractivity (Wildman–Crippen MR) is 58.2 cm³/mol. The van der Waals surface area contributed by atoms with E-state index >= 15 is 0 Å². The first-order chi connectivity index (χ1) is 6.16. The van der Waals surface area contributed by atoms with Crippen molar-refractivity contribution in [1.29, 1.82) is 0 Å². The lowest BCUT2D eigenvalue weighted by molar-refractivity contribution is 0.857. The van der Waals surface area contributed by atoms with Gasteiger partial charge in [-0.2, -0.15) is 0 Å². The van der Waals surface area contributed by atoms with Crippen LogP contribution in [0.3, 0.4) is 0 Å². The van der Waals surface area contributed by atoms with Gasteiger partial charge in [0.2, 0.25) is 0 Å². The molecule has 1 aromatic rings. The molecule has 0 amide bonds. The fourth-order valence-corrected chi connectivity index (χ4v) is 1.17. The maximum atomic E-state index is 4.06. The number of allylic oxidation sites excluding steroid dienone is 1. The van der Waals surface area contributed by atoms with Gasteiger partial charge in [-0.3, -0.25) is 4.98 Å². The fourth-order valence-electron chi connectivity index (χ4n) is 1.17. The Balaban J connectivity index is 3.13. The van der Waals surface area contributed by atoms with Crippen LogP contribution in [0.1, 0.15) is 25.0 Å². The quantitative estimate of drug-likeness (QED) is 0.682. The van der Waals surface area contributed by atoms with E-state index in [-0.39, 0.29) is 0 Å². The first kappa shape index (κ1) is 9.72. The van der Waals surface area contributed by atoms with Gasteiger partial charge in [0.15, 0.2) is 0 Å². The molecule has 1 nitrogen and oxygen atoms in total. The van der Waals surface area contributed by atoms with Crippen LogP contribution in [0.15, 0.2) is 31.6 Å². The summed E-state index contributed by atoms with van der Waals surface area (Å²) < 4.78 is 0. The van der Waals surface area contributed by atoms with Crippen LogP contribution in [-0.2, 0) is 0 Å². The molecule has 0 fully saturated rings. The van der Waals surface area contributed by atoms with E-state index in [0.717, 1.165) is 16.7 Å². The Bertz CT molecular complexity index is 324. The Hall–Kier alpha value is -1.37. The molecule has 0 atom stereocenters. The Morgan fingerprint density at radius 2 is 2.23 bits per heavy atom. The zero-order valence-corrected chi connectivity index (χ0v) is 8.25. The Labute approximate surface area is 79.8 Å². The lowest BCUT2D eigenvalue weighted by Gasteiger charge is -2.11. The van der Waals surface area contributed by atoms with Gasteiger partial charge in [0.25, 0.3) is 0 Å². The lowest BCUT2D eigenvalue weighted by atomic mass is 9.94. The van der Waals surface area contributed by atoms with E-state index in [1.165, 1.54) is 0 Å². The van der Waals surface area contributed by atoms with Crippen molar-refractivity contribution in [3.8, 4) is 0 Å². The van der Waals surface area contributed by atoms with E-state index in [0.29, 0.717) is 5.92 Å². The average Bonchev–Trinajstić information content (AvgIpc) is 2.16. The molecule has 0 aliphatic rings. The van der Waals surface area contributed by atoms with Gasteiger partial charge in [-0.05, 0) is 28.7 Å². The van der Waals surface area contributed by atoms with Crippen molar-refractivity contribution in [2.45, 2.75) is 13.8 Å². The van der Waals surface area contributed by atoms with Crippen LogP contribution < -0.4 is 0 Å². The van der Waals surface area contributed by atoms with Gasteiger partial charge in [-0.25, -0.2) is 0 Å². The number of nitrogens with zero attached hydrogens (tertiary/aromatic N) is 1. The van der Waals surface area contributed by atoms with E-state index in [1.807, 2.05) is 18.3 Å². The monoisotopic (exact) mass is 173 g/mol. The second-order valence-electron chi connectivity index (χ2n) is 3.35. The van der Waals surface area contributed by atoms with Crippen molar-refractivity contribution in [2.75, 3.05) is 0 Å². The molecule has 1 heteroatoms. The zero-order valence-electron chi connectivity index (χ0n) is 8.25. The molecule has 1 rings (SSSR count). The third kappa shape index (κ3) is 2.05. The minimum atomic E-state index is 0.459. The van der Waals surface area contributed by atoms with Gasteiger partial charge >= 0.3 is 0 Å². The normalized spacial score (nSPS) is 10.1. The molecule has 1 aromatic heterocycles. The van der Waals surface area contributed by atoms with E-state index in [2.05, 4.69) is 32.0 Å². The lowest BCUT2D eigenvalue weighted by Crippen LogP contribution is -1.95. The van der Waals surface area contributed by atoms with Gasteiger partial charge < -0.3 is 0 Å². The van der Waals surface area contributed by atoms with Crippen molar-refractivity contribution in [3.05, 3.63) is 42.7 Å². The first-order valence-electron chi connectivity index (χ1n) is 4.42. The first-order valence-corrected chi connectivity index (χ1v) is 4.42. The third-order valence-electron chi connectivity index (χ3n) is 2.11. The van der Waals surface area contributed by atoms with Crippen LogP contribution in [0.2, 0.25) is 0 Å². The number of hydrogen-bond donors (Lipinski definition) is 0. The second kappa shape index (κ2) is 4.04. The van der Waals surface area contributed by atoms with E-state index in [9.17, 15) is 0 Å². The summed E-state index contributed by atoms with van der Waals surface area (Å²) in [4.78, 5) is 4.05. The summed E-state index contributed by atoms with van der Waals surface area (Å²) in [5, 5.41) is 0. The van der Waals surface area contributed by atoms with Crippen molar-refractivity contribution in [1.82, 2.24) is 4.98 Å².